The Morgan fingerprint density at radius 3 is 2.75 bits per heavy atom. The summed E-state index contributed by atoms with van der Waals surface area (Å²) in [5, 5.41) is 12.3. The van der Waals surface area contributed by atoms with Crippen molar-refractivity contribution in [3.05, 3.63) is 35.9 Å². The van der Waals surface area contributed by atoms with Gasteiger partial charge in [-0.25, -0.2) is 0 Å². The standard InChI is InChI=1S/C16H23NO2S/c18-10-15-8-4-7-14(15)9-17-16(19)12-20-11-13-5-2-1-3-6-13/h1-3,5-6,14-15,18H,4,7-12H2,(H,17,19). The average Bonchev–Trinajstić information content (AvgIpc) is 2.94. The molecule has 0 spiro atoms. The zero-order valence-electron chi connectivity index (χ0n) is 11.8. The molecule has 2 atom stereocenters. The Morgan fingerprint density at radius 2 is 2.00 bits per heavy atom. The van der Waals surface area contributed by atoms with Gasteiger partial charge in [0.05, 0.1) is 5.75 Å². The molecule has 1 aliphatic rings. The number of rotatable bonds is 7. The quantitative estimate of drug-likeness (QED) is 0.812. The summed E-state index contributed by atoms with van der Waals surface area (Å²) >= 11 is 1.64. The summed E-state index contributed by atoms with van der Waals surface area (Å²) in [6.45, 7) is 0.971. The zero-order chi connectivity index (χ0) is 14.2. The first kappa shape index (κ1) is 15.4. The van der Waals surface area contributed by atoms with Gasteiger partial charge in [-0.3, -0.25) is 4.79 Å². The minimum Gasteiger partial charge on any atom is -0.396 e. The number of carbonyl (C=O) groups excluding carboxylic acids is 1. The van der Waals surface area contributed by atoms with Gasteiger partial charge in [0.2, 0.25) is 5.91 Å². The lowest BCUT2D eigenvalue weighted by molar-refractivity contribution is -0.118. The maximum atomic E-state index is 11.8. The van der Waals surface area contributed by atoms with E-state index in [-0.39, 0.29) is 12.5 Å². The molecule has 4 heteroatoms. The van der Waals surface area contributed by atoms with E-state index in [0.717, 1.165) is 25.1 Å². The molecule has 1 aliphatic carbocycles. The monoisotopic (exact) mass is 293 g/mol. The number of benzene rings is 1. The fourth-order valence-corrected chi connectivity index (χ4v) is 3.57. The fraction of sp³-hybridized carbons (Fsp3) is 0.562. The molecular formula is C16H23NO2S. The number of aliphatic hydroxyl groups is 1. The van der Waals surface area contributed by atoms with E-state index in [1.165, 1.54) is 12.0 Å². The second kappa shape index (κ2) is 8.32. The Morgan fingerprint density at radius 1 is 1.25 bits per heavy atom. The number of hydrogen-bond donors (Lipinski definition) is 2. The summed E-state index contributed by atoms with van der Waals surface area (Å²) < 4.78 is 0. The van der Waals surface area contributed by atoms with Gasteiger partial charge < -0.3 is 10.4 Å². The molecule has 110 valence electrons. The highest BCUT2D eigenvalue weighted by Crippen LogP contribution is 2.30. The van der Waals surface area contributed by atoms with Gasteiger partial charge in [0.25, 0.3) is 0 Å². The van der Waals surface area contributed by atoms with Crippen molar-refractivity contribution in [2.45, 2.75) is 25.0 Å². The van der Waals surface area contributed by atoms with Crippen LogP contribution in [0.1, 0.15) is 24.8 Å². The van der Waals surface area contributed by atoms with Crippen LogP contribution < -0.4 is 5.32 Å². The molecule has 1 amide bonds. The highest BCUT2D eigenvalue weighted by atomic mass is 32.2. The number of carbonyl (C=O) groups is 1. The van der Waals surface area contributed by atoms with Crippen molar-refractivity contribution in [1.29, 1.82) is 0 Å². The maximum Gasteiger partial charge on any atom is 0.230 e. The molecule has 1 aromatic carbocycles. The summed E-state index contributed by atoms with van der Waals surface area (Å²) in [7, 11) is 0. The predicted molar refractivity (Wildman–Crippen MR) is 83.5 cm³/mol. The number of amides is 1. The van der Waals surface area contributed by atoms with Crippen molar-refractivity contribution in [2.75, 3.05) is 18.9 Å². The van der Waals surface area contributed by atoms with Crippen LogP contribution >= 0.6 is 11.8 Å². The van der Waals surface area contributed by atoms with Crippen LogP contribution in [-0.2, 0) is 10.5 Å². The molecule has 20 heavy (non-hydrogen) atoms. The highest BCUT2D eigenvalue weighted by molar-refractivity contribution is 7.99. The number of hydrogen-bond acceptors (Lipinski definition) is 3. The summed E-state index contributed by atoms with van der Waals surface area (Å²) in [5.74, 6) is 2.33. The summed E-state index contributed by atoms with van der Waals surface area (Å²) in [6.07, 6.45) is 3.40. The average molecular weight is 293 g/mol. The molecule has 0 bridgehead atoms. The second-order valence-corrected chi connectivity index (χ2v) is 6.40. The van der Waals surface area contributed by atoms with E-state index in [1.54, 1.807) is 11.8 Å². The molecule has 1 saturated carbocycles. The highest BCUT2D eigenvalue weighted by Gasteiger charge is 2.26. The molecule has 2 unspecified atom stereocenters. The van der Waals surface area contributed by atoms with E-state index in [2.05, 4.69) is 17.4 Å². The van der Waals surface area contributed by atoms with E-state index < -0.39 is 0 Å². The molecule has 0 heterocycles. The lowest BCUT2D eigenvalue weighted by Crippen LogP contribution is -2.32. The van der Waals surface area contributed by atoms with Crippen LogP contribution in [0.2, 0.25) is 0 Å². The predicted octanol–water partition coefficient (Wildman–Crippen LogP) is 2.44. The van der Waals surface area contributed by atoms with E-state index in [0.29, 0.717) is 17.6 Å². The van der Waals surface area contributed by atoms with Crippen molar-refractivity contribution < 1.29 is 9.90 Å². The van der Waals surface area contributed by atoms with Crippen LogP contribution in [0.3, 0.4) is 0 Å². The lowest BCUT2D eigenvalue weighted by Gasteiger charge is -2.17. The smallest absolute Gasteiger partial charge is 0.230 e. The SMILES string of the molecule is O=C(CSCc1ccccc1)NCC1CCCC1CO. The molecule has 0 aromatic heterocycles. The minimum absolute atomic E-state index is 0.106. The van der Waals surface area contributed by atoms with E-state index in [9.17, 15) is 9.90 Å². The van der Waals surface area contributed by atoms with Gasteiger partial charge in [0.15, 0.2) is 0 Å². The van der Waals surface area contributed by atoms with Crippen LogP contribution in [0.15, 0.2) is 30.3 Å². The van der Waals surface area contributed by atoms with E-state index in [4.69, 9.17) is 0 Å². The maximum absolute atomic E-state index is 11.8. The summed E-state index contributed by atoms with van der Waals surface area (Å²) in [4.78, 5) is 11.8. The topological polar surface area (TPSA) is 49.3 Å². The van der Waals surface area contributed by atoms with Crippen molar-refractivity contribution >= 4 is 17.7 Å². The van der Waals surface area contributed by atoms with Gasteiger partial charge in [0, 0.05) is 18.9 Å². The second-order valence-electron chi connectivity index (χ2n) is 5.42. The van der Waals surface area contributed by atoms with Crippen LogP contribution in [0.5, 0.6) is 0 Å². The number of aliphatic hydroxyl groups excluding tert-OH is 1. The van der Waals surface area contributed by atoms with Crippen LogP contribution in [-0.4, -0.2) is 29.9 Å². The lowest BCUT2D eigenvalue weighted by atomic mass is 9.97. The van der Waals surface area contributed by atoms with Crippen molar-refractivity contribution in [3.63, 3.8) is 0 Å². The van der Waals surface area contributed by atoms with E-state index in [1.807, 2.05) is 18.2 Å². The van der Waals surface area contributed by atoms with Gasteiger partial charge in [0.1, 0.15) is 0 Å². The largest absolute Gasteiger partial charge is 0.396 e. The Balaban J connectivity index is 1.61. The molecule has 0 aliphatic heterocycles. The minimum atomic E-state index is 0.106. The first-order chi connectivity index (χ1) is 9.79. The van der Waals surface area contributed by atoms with Gasteiger partial charge in [-0.05, 0) is 30.2 Å². The van der Waals surface area contributed by atoms with E-state index >= 15 is 0 Å². The summed E-state index contributed by atoms with van der Waals surface area (Å²) in [6, 6.07) is 10.2. The first-order valence-corrected chi connectivity index (χ1v) is 8.44. The van der Waals surface area contributed by atoms with Gasteiger partial charge >= 0.3 is 0 Å². The van der Waals surface area contributed by atoms with Crippen LogP contribution in [0.25, 0.3) is 0 Å². The zero-order valence-corrected chi connectivity index (χ0v) is 12.6. The molecule has 0 radical (unpaired) electrons. The Bertz CT molecular complexity index is 410. The molecule has 0 saturated heterocycles. The Kier molecular flexibility index (Phi) is 6.40. The molecule has 1 fully saturated rings. The summed E-state index contributed by atoms with van der Waals surface area (Å²) in [5.41, 5.74) is 1.25. The van der Waals surface area contributed by atoms with Gasteiger partial charge in [-0.2, -0.15) is 0 Å². The Hall–Kier alpha value is -1.00. The van der Waals surface area contributed by atoms with Crippen molar-refractivity contribution in [2.24, 2.45) is 11.8 Å². The van der Waals surface area contributed by atoms with Gasteiger partial charge in [-0.15, -0.1) is 11.8 Å². The molecule has 2 N–H and O–H groups in total. The molecule has 3 nitrogen and oxygen atoms in total. The fourth-order valence-electron chi connectivity index (χ4n) is 2.75. The number of nitrogens with one attached hydrogen (secondary N) is 1. The molecule has 1 aromatic rings. The van der Waals surface area contributed by atoms with Crippen LogP contribution in [0.4, 0.5) is 0 Å². The third kappa shape index (κ3) is 4.84. The van der Waals surface area contributed by atoms with Gasteiger partial charge in [-0.1, -0.05) is 36.8 Å². The molecule has 2 rings (SSSR count). The van der Waals surface area contributed by atoms with Crippen molar-refractivity contribution in [1.82, 2.24) is 5.32 Å². The Labute approximate surface area is 125 Å². The third-order valence-electron chi connectivity index (χ3n) is 3.96. The normalized spacial score (nSPS) is 21.9. The number of thioether (sulfide) groups is 1. The third-order valence-corrected chi connectivity index (χ3v) is 4.96. The van der Waals surface area contributed by atoms with Crippen LogP contribution in [0, 0.1) is 11.8 Å². The first-order valence-electron chi connectivity index (χ1n) is 7.29. The van der Waals surface area contributed by atoms with Crippen molar-refractivity contribution in [3.8, 4) is 0 Å². The molecular weight excluding hydrogens is 270 g/mol.